The molecule has 3 heteroatoms. The van der Waals surface area contributed by atoms with E-state index < -0.39 is 0 Å². The summed E-state index contributed by atoms with van der Waals surface area (Å²) in [5, 5.41) is 0. The standard InChI is InChI=1S/C20H18N.C12H10N.Ir/c1-14-11-19(12-15(2)16(14)3)18-9-10-20(21-13-18)17-7-5-4-6-8-17;1-10-7-8-12(13-9-10)11-5-3-2-4-6-11;/h4-7,9-13H,1-3H3;2-5,7-9H,1H3;/q2*-1;. The number of hydrogen-bond acceptors (Lipinski definition) is 2. The summed E-state index contributed by atoms with van der Waals surface area (Å²) in [4.78, 5) is 8.89. The van der Waals surface area contributed by atoms with Crippen LogP contribution in [-0.4, -0.2) is 9.97 Å². The molecule has 5 aromatic rings. The molecule has 0 saturated heterocycles. The third kappa shape index (κ3) is 6.82. The number of aromatic nitrogens is 2. The van der Waals surface area contributed by atoms with Crippen LogP contribution in [0.15, 0.2) is 97.3 Å². The van der Waals surface area contributed by atoms with Gasteiger partial charge >= 0.3 is 0 Å². The Bertz CT molecular complexity index is 1320. The summed E-state index contributed by atoms with van der Waals surface area (Å²) < 4.78 is 0. The molecular weight excluding hydrogens is 605 g/mol. The first-order chi connectivity index (χ1) is 16.5. The molecule has 0 amide bonds. The molecule has 35 heavy (non-hydrogen) atoms. The second kappa shape index (κ2) is 12.4. The van der Waals surface area contributed by atoms with Crippen LogP contribution in [-0.2, 0) is 20.1 Å². The minimum absolute atomic E-state index is 0. The van der Waals surface area contributed by atoms with Gasteiger partial charge < -0.3 is 9.97 Å². The maximum absolute atomic E-state index is 4.58. The molecule has 1 radical (unpaired) electrons. The predicted molar refractivity (Wildman–Crippen MR) is 141 cm³/mol. The van der Waals surface area contributed by atoms with Crippen molar-refractivity contribution in [1.29, 1.82) is 0 Å². The number of benzene rings is 3. The number of nitrogens with zero attached hydrogens (tertiary/aromatic N) is 2. The topological polar surface area (TPSA) is 25.8 Å². The average Bonchev–Trinajstić information content (AvgIpc) is 2.89. The van der Waals surface area contributed by atoms with Crippen molar-refractivity contribution in [2.75, 3.05) is 0 Å². The van der Waals surface area contributed by atoms with Crippen molar-refractivity contribution < 1.29 is 20.1 Å². The first kappa shape index (κ1) is 26.2. The van der Waals surface area contributed by atoms with Gasteiger partial charge in [-0.25, -0.2) is 0 Å². The van der Waals surface area contributed by atoms with Crippen LogP contribution in [0.1, 0.15) is 22.3 Å². The van der Waals surface area contributed by atoms with Crippen LogP contribution in [0.5, 0.6) is 0 Å². The number of rotatable bonds is 3. The van der Waals surface area contributed by atoms with Gasteiger partial charge in [-0.3, -0.25) is 0 Å². The molecule has 0 bridgehead atoms. The number of pyridine rings is 2. The molecule has 5 rings (SSSR count). The molecule has 0 atom stereocenters. The first-order valence-electron chi connectivity index (χ1n) is 11.4. The van der Waals surface area contributed by atoms with Gasteiger partial charge in [-0.1, -0.05) is 36.4 Å². The molecule has 2 nitrogen and oxygen atoms in total. The molecule has 0 aliphatic rings. The molecule has 3 aromatic carbocycles. The Hall–Kier alpha value is -3.39. The van der Waals surface area contributed by atoms with Crippen LogP contribution in [0.25, 0.3) is 33.6 Å². The Morgan fingerprint density at radius 3 is 1.54 bits per heavy atom. The largest absolute Gasteiger partial charge is 0.304 e. The van der Waals surface area contributed by atoms with E-state index in [4.69, 9.17) is 0 Å². The Kier molecular flexibility index (Phi) is 9.25. The van der Waals surface area contributed by atoms with Crippen molar-refractivity contribution >= 4 is 0 Å². The van der Waals surface area contributed by atoms with Gasteiger partial charge in [0.05, 0.1) is 0 Å². The normalized spacial score (nSPS) is 10.1. The zero-order chi connectivity index (χ0) is 23.9. The van der Waals surface area contributed by atoms with Crippen LogP contribution < -0.4 is 0 Å². The van der Waals surface area contributed by atoms with Gasteiger partial charge in [0, 0.05) is 32.5 Å². The molecular formula is C32H28IrN2-2. The van der Waals surface area contributed by atoms with Crippen molar-refractivity contribution in [3.63, 3.8) is 0 Å². The molecule has 0 aliphatic heterocycles. The van der Waals surface area contributed by atoms with E-state index in [1.54, 1.807) is 0 Å². The van der Waals surface area contributed by atoms with E-state index in [2.05, 4.69) is 73.2 Å². The van der Waals surface area contributed by atoms with E-state index in [0.717, 1.165) is 28.1 Å². The van der Waals surface area contributed by atoms with Crippen molar-refractivity contribution in [3.05, 3.63) is 132 Å². The summed E-state index contributed by atoms with van der Waals surface area (Å²) in [6.07, 6.45) is 3.82. The summed E-state index contributed by atoms with van der Waals surface area (Å²) in [5.41, 5.74) is 11.6. The van der Waals surface area contributed by atoms with Crippen LogP contribution in [0.2, 0.25) is 0 Å². The summed E-state index contributed by atoms with van der Waals surface area (Å²) in [6, 6.07) is 34.9. The van der Waals surface area contributed by atoms with E-state index in [1.807, 2.05) is 73.9 Å². The molecule has 0 saturated carbocycles. The van der Waals surface area contributed by atoms with Gasteiger partial charge in [0.15, 0.2) is 0 Å². The van der Waals surface area contributed by atoms with E-state index >= 15 is 0 Å². The maximum atomic E-state index is 4.58. The quantitative estimate of drug-likeness (QED) is 0.189. The molecule has 0 fully saturated rings. The Morgan fingerprint density at radius 1 is 0.571 bits per heavy atom. The predicted octanol–water partition coefficient (Wildman–Crippen LogP) is 8.00. The molecule has 2 heterocycles. The third-order valence-electron chi connectivity index (χ3n) is 5.91. The molecule has 0 spiro atoms. The van der Waals surface area contributed by atoms with Crippen molar-refractivity contribution in [3.8, 4) is 33.6 Å². The molecule has 177 valence electrons. The van der Waals surface area contributed by atoms with Gasteiger partial charge in [0.2, 0.25) is 0 Å². The zero-order valence-corrected chi connectivity index (χ0v) is 22.9. The van der Waals surface area contributed by atoms with Crippen LogP contribution >= 0.6 is 0 Å². The monoisotopic (exact) mass is 633 g/mol. The van der Waals surface area contributed by atoms with Gasteiger partial charge in [0.25, 0.3) is 0 Å². The van der Waals surface area contributed by atoms with E-state index in [-0.39, 0.29) is 20.1 Å². The van der Waals surface area contributed by atoms with Crippen molar-refractivity contribution in [2.45, 2.75) is 27.7 Å². The Labute approximate surface area is 222 Å². The van der Waals surface area contributed by atoms with Gasteiger partial charge in [0.1, 0.15) is 0 Å². The summed E-state index contributed by atoms with van der Waals surface area (Å²) in [6.45, 7) is 8.52. The van der Waals surface area contributed by atoms with Crippen LogP contribution in [0, 0.1) is 39.8 Å². The second-order valence-corrected chi connectivity index (χ2v) is 8.44. The molecule has 0 unspecified atom stereocenters. The fourth-order valence-electron chi connectivity index (χ4n) is 3.66. The third-order valence-corrected chi connectivity index (χ3v) is 5.91. The van der Waals surface area contributed by atoms with Gasteiger partial charge in [-0.2, -0.15) is 0 Å². The van der Waals surface area contributed by atoms with Crippen LogP contribution in [0.4, 0.5) is 0 Å². The van der Waals surface area contributed by atoms with E-state index in [9.17, 15) is 0 Å². The minimum atomic E-state index is 0. The van der Waals surface area contributed by atoms with Crippen LogP contribution in [0.3, 0.4) is 0 Å². The summed E-state index contributed by atoms with van der Waals surface area (Å²) >= 11 is 0. The Morgan fingerprint density at radius 2 is 1.11 bits per heavy atom. The number of aryl methyl sites for hydroxylation is 3. The van der Waals surface area contributed by atoms with Gasteiger partial charge in [-0.15, -0.1) is 71.8 Å². The molecule has 2 aromatic heterocycles. The average molecular weight is 633 g/mol. The van der Waals surface area contributed by atoms with Crippen molar-refractivity contribution in [2.24, 2.45) is 0 Å². The SMILES string of the molecule is Cc1cc(-c2ccc(-c3[c-]cccc3)nc2)cc(C)c1C.Cc1ccc(-c2[c-]cccc2)nc1.[Ir]. The van der Waals surface area contributed by atoms with E-state index in [1.165, 1.54) is 27.8 Å². The first-order valence-corrected chi connectivity index (χ1v) is 11.4. The maximum Gasteiger partial charge on any atom is 0.0239 e. The fraction of sp³-hybridized carbons (Fsp3) is 0.125. The summed E-state index contributed by atoms with van der Waals surface area (Å²) in [7, 11) is 0. The Balaban J connectivity index is 0.000000211. The smallest absolute Gasteiger partial charge is 0.0239 e. The van der Waals surface area contributed by atoms with Crippen molar-refractivity contribution in [1.82, 2.24) is 9.97 Å². The number of hydrogen-bond donors (Lipinski definition) is 0. The molecule has 0 aliphatic carbocycles. The summed E-state index contributed by atoms with van der Waals surface area (Å²) in [5.74, 6) is 0. The molecule has 0 N–H and O–H groups in total. The van der Waals surface area contributed by atoms with Gasteiger partial charge in [-0.05, 0) is 72.5 Å². The second-order valence-electron chi connectivity index (χ2n) is 8.44. The minimum Gasteiger partial charge on any atom is -0.304 e. The van der Waals surface area contributed by atoms with E-state index in [0.29, 0.717) is 0 Å². The fourth-order valence-corrected chi connectivity index (χ4v) is 3.66. The zero-order valence-electron chi connectivity index (χ0n) is 20.5.